The van der Waals surface area contributed by atoms with Crippen molar-refractivity contribution < 1.29 is 34.9 Å². The van der Waals surface area contributed by atoms with Crippen LogP contribution in [0.25, 0.3) is 0 Å². The number of nitrogens with two attached hydrogens (primary N) is 1. The minimum atomic E-state index is -5.38. The monoisotopic (exact) mass is 369 g/mol. The lowest BCUT2D eigenvalue weighted by molar-refractivity contribution is -0.135. The summed E-state index contributed by atoms with van der Waals surface area (Å²) in [6.07, 6.45) is -2.87. The van der Waals surface area contributed by atoms with E-state index in [0.717, 1.165) is 0 Å². The lowest BCUT2D eigenvalue weighted by Gasteiger charge is -2.12. The largest absolute Gasteiger partial charge is 0.389 e. The number of hydrogen-bond acceptors (Lipinski definition) is 3. The van der Waals surface area contributed by atoms with Gasteiger partial charge in [0, 0.05) is 19.4 Å². The van der Waals surface area contributed by atoms with E-state index < -0.39 is 34.4 Å². The summed E-state index contributed by atoms with van der Waals surface area (Å²) in [5.74, 6) is 0. The maximum atomic E-state index is 12.7. The molecule has 0 rings (SSSR count). The van der Waals surface area contributed by atoms with E-state index in [4.69, 9.17) is 10.3 Å². The van der Waals surface area contributed by atoms with Crippen LogP contribution in [0.15, 0.2) is 12.7 Å². The van der Waals surface area contributed by atoms with Crippen LogP contribution < -0.4 is 5.73 Å². The van der Waals surface area contributed by atoms with E-state index in [2.05, 4.69) is 6.58 Å². The van der Waals surface area contributed by atoms with Gasteiger partial charge in [0.15, 0.2) is 0 Å². The standard InChI is InChI=1S/C10H17F5O3S.C3H7N/c11-9(12,13)7-5-3-1-2-4-6-8-10(14,15)19(16,17)18;1-2-3-4/h1-8H2,(H,16,17,18);2H,1,3-4H2. The Hall–Kier alpha value is -0.740. The zero-order chi connectivity index (χ0) is 18.6. The van der Waals surface area contributed by atoms with Crippen molar-refractivity contribution >= 4 is 10.1 Å². The number of halogens is 5. The third-order valence-electron chi connectivity index (χ3n) is 2.72. The van der Waals surface area contributed by atoms with E-state index in [1.165, 1.54) is 0 Å². The first kappa shape index (κ1) is 24.5. The fraction of sp³-hybridized carbons (Fsp3) is 0.846. The van der Waals surface area contributed by atoms with Crippen LogP contribution in [-0.4, -0.2) is 30.9 Å². The van der Waals surface area contributed by atoms with E-state index in [-0.39, 0.29) is 19.3 Å². The van der Waals surface area contributed by atoms with Crippen LogP contribution in [0.3, 0.4) is 0 Å². The number of rotatable bonds is 10. The molecule has 4 nitrogen and oxygen atoms in total. The van der Waals surface area contributed by atoms with Gasteiger partial charge in [0.1, 0.15) is 0 Å². The normalized spacial score (nSPS) is 12.5. The Morgan fingerprint density at radius 2 is 1.26 bits per heavy atom. The number of unbranched alkanes of at least 4 members (excludes halogenated alkanes) is 5. The van der Waals surface area contributed by atoms with Gasteiger partial charge in [-0.25, -0.2) is 0 Å². The number of alkyl halides is 5. The van der Waals surface area contributed by atoms with E-state index in [9.17, 15) is 30.4 Å². The van der Waals surface area contributed by atoms with Crippen LogP contribution in [0.5, 0.6) is 0 Å². The molecule has 0 amide bonds. The fourth-order valence-corrected chi connectivity index (χ4v) is 1.89. The van der Waals surface area contributed by atoms with Gasteiger partial charge in [-0.1, -0.05) is 31.8 Å². The van der Waals surface area contributed by atoms with E-state index in [1.807, 2.05) is 0 Å². The highest BCUT2D eigenvalue weighted by Crippen LogP contribution is 2.27. The summed E-state index contributed by atoms with van der Waals surface area (Å²) in [6.45, 7) is 3.94. The second-order valence-electron chi connectivity index (χ2n) is 4.87. The fourth-order valence-electron chi connectivity index (χ4n) is 1.49. The zero-order valence-electron chi connectivity index (χ0n) is 12.8. The predicted octanol–water partition coefficient (Wildman–Crippen LogP) is 4.28. The van der Waals surface area contributed by atoms with Crippen LogP contribution in [0.2, 0.25) is 0 Å². The van der Waals surface area contributed by atoms with Gasteiger partial charge in [-0.15, -0.1) is 6.58 Å². The summed E-state index contributed by atoms with van der Waals surface area (Å²) in [4.78, 5) is 0. The Morgan fingerprint density at radius 1 is 0.913 bits per heavy atom. The molecule has 0 aromatic carbocycles. The van der Waals surface area contributed by atoms with E-state index in [1.54, 1.807) is 6.08 Å². The highest BCUT2D eigenvalue weighted by atomic mass is 32.2. The molecule has 0 heterocycles. The highest BCUT2D eigenvalue weighted by Gasteiger charge is 2.42. The second-order valence-corrected chi connectivity index (χ2v) is 6.42. The first-order valence-electron chi connectivity index (χ1n) is 7.10. The molecule has 0 aliphatic heterocycles. The summed E-state index contributed by atoms with van der Waals surface area (Å²) in [7, 11) is -5.38. The van der Waals surface area contributed by atoms with Crippen LogP contribution in [0, 0.1) is 0 Å². The van der Waals surface area contributed by atoms with Crippen LogP contribution in [0.1, 0.15) is 51.4 Å². The zero-order valence-corrected chi connectivity index (χ0v) is 13.6. The summed E-state index contributed by atoms with van der Waals surface area (Å²) < 4.78 is 89.5. The Labute approximate surface area is 133 Å². The van der Waals surface area contributed by atoms with Gasteiger partial charge in [0.05, 0.1) is 0 Å². The maximum Gasteiger partial charge on any atom is 0.389 e. The predicted molar refractivity (Wildman–Crippen MR) is 78.7 cm³/mol. The van der Waals surface area contributed by atoms with Crippen LogP contribution in [-0.2, 0) is 10.1 Å². The van der Waals surface area contributed by atoms with E-state index >= 15 is 0 Å². The molecule has 0 aliphatic carbocycles. The lowest BCUT2D eigenvalue weighted by atomic mass is 10.1. The van der Waals surface area contributed by atoms with Crippen molar-refractivity contribution in [1.82, 2.24) is 0 Å². The third kappa shape index (κ3) is 15.9. The summed E-state index contributed by atoms with van der Waals surface area (Å²) in [6, 6.07) is 0. The molecule has 0 aromatic rings. The molecule has 0 fully saturated rings. The van der Waals surface area contributed by atoms with Gasteiger partial charge in [-0.2, -0.15) is 30.4 Å². The summed E-state index contributed by atoms with van der Waals surface area (Å²) in [5, 5.41) is -4.15. The molecule has 0 spiro atoms. The highest BCUT2D eigenvalue weighted by molar-refractivity contribution is 7.86. The average molecular weight is 369 g/mol. The maximum absolute atomic E-state index is 12.7. The molecule has 0 radical (unpaired) electrons. The minimum Gasteiger partial charge on any atom is -0.327 e. The topological polar surface area (TPSA) is 80.4 Å². The molecule has 140 valence electrons. The van der Waals surface area contributed by atoms with E-state index in [0.29, 0.717) is 25.8 Å². The van der Waals surface area contributed by atoms with Gasteiger partial charge < -0.3 is 5.73 Å². The van der Waals surface area contributed by atoms with Crippen molar-refractivity contribution in [2.24, 2.45) is 5.73 Å². The van der Waals surface area contributed by atoms with Gasteiger partial charge >= 0.3 is 21.5 Å². The molecule has 0 aliphatic rings. The molecule has 0 unspecified atom stereocenters. The molecule has 3 N–H and O–H groups in total. The van der Waals surface area contributed by atoms with Crippen molar-refractivity contribution in [2.45, 2.75) is 62.8 Å². The molecule has 0 bridgehead atoms. The Balaban J connectivity index is 0. The first-order chi connectivity index (χ1) is 10.4. The van der Waals surface area contributed by atoms with Crippen molar-refractivity contribution in [3.63, 3.8) is 0 Å². The van der Waals surface area contributed by atoms with Gasteiger partial charge in [0.2, 0.25) is 0 Å². The number of hydrogen-bond donors (Lipinski definition) is 2. The average Bonchev–Trinajstić information content (AvgIpc) is 2.39. The third-order valence-corrected chi connectivity index (χ3v) is 3.68. The second kappa shape index (κ2) is 11.7. The molecule has 0 saturated carbocycles. The van der Waals surface area contributed by atoms with Crippen LogP contribution in [0.4, 0.5) is 22.0 Å². The Bertz CT molecular complexity index is 410. The van der Waals surface area contributed by atoms with Gasteiger partial charge in [-0.05, 0) is 12.8 Å². The first-order valence-corrected chi connectivity index (χ1v) is 8.54. The molecule has 0 saturated heterocycles. The van der Waals surface area contributed by atoms with Crippen molar-refractivity contribution in [3.8, 4) is 0 Å². The smallest absolute Gasteiger partial charge is 0.327 e. The lowest BCUT2D eigenvalue weighted by Crippen LogP contribution is -2.27. The van der Waals surface area contributed by atoms with Crippen molar-refractivity contribution in [2.75, 3.05) is 6.54 Å². The molecular formula is C13H24F5NO3S. The molecular weight excluding hydrogens is 345 g/mol. The van der Waals surface area contributed by atoms with Gasteiger partial charge in [-0.3, -0.25) is 4.55 Å². The molecule has 0 atom stereocenters. The minimum absolute atomic E-state index is 0.00464. The van der Waals surface area contributed by atoms with Gasteiger partial charge in [0.25, 0.3) is 0 Å². The SMILES string of the molecule is C=CCN.O=S(=O)(O)C(F)(F)CCCCCCCCC(F)(F)F. The van der Waals surface area contributed by atoms with Crippen LogP contribution >= 0.6 is 0 Å². The summed E-state index contributed by atoms with van der Waals surface area (Å²) >= 11 is 0. The molecule has 23 heavy (non-hydrogen) atoms. The Morgan fingerprint density at radius 3 is 1.57 bits per heavy atom. The van der Waals surface area contributed by atoms with Crippen molar-refractivity contribution in [3.05, 3.63) is 12.7 Å². The summed E-state index contributed by atoms with van der Waals surface area (Å²) in [5.41, 5.74) is 4.91. The Kier molecular flexibility index (Phi) is 12.5. The quantitative estimate of drug-likeness (QED) is 0.261. The molecule has 10 heteroatoms. The molecule has 0 aromatic heterocycles. The van der Waals surface area contributed by atoms with Crippen molar-refractivity contribution in [1.29, 1.82) is 0 Å².